The molecule has 0 saturated heterocycles. The number of amides is 1. The molecule has 0 fully saturated rings. The summed E-state index contributed by atoms with van der Waals surface area (Å²) in [4.78, 5) is 12.3. The van der Waals surface area contributed by atoms with Gasteiger partial charge in [0.25, 0.3) is 5.91 Å². The minimum atomic E-state index is -0.501. The summed E-state index contributed by atoms with van der Waals surface area (Å²) in [7, 11) is 3.02. The summed E-state index contributed by atoms with van der Waals surface area (Å²) in [6, 6.07) is 12.3. The lowest BCUT2D eigenvalue weighted by atomic mass is 10.1. The third kappa shape index (κ3) is 3.60. The standard InChI is InChI=1S/C18H15FN2O4/c1-23-13-6-7-14(16(9-13)24-2)20-18(22)17-10-15(21-25-17)11-4-3-5-12(19)8-11/h3-10H,1-2H3,(H,20,22). The van der Waals surface area contributed by atoms with Crippen molar-refractivity contribution in [3.8, 4) is 22.8 Å². The van der Waals surface area contributed by atoms with Crippen molar-refractivity contribution in [2.45, 2.75) is 0 Å². The average molecular weight is 342 g/mol. The fourth-order valence-electron chi connectivity index (χ4n) is 2.25. The Bertz CT molecular complexity index is 908. The van der Waals surface area contributed by atoms with Crippen LogP contribution in [0.2, 0.25) is 0 Å². The average Bonchev–Trinajstić information content (AvgIpc) is 3.12. The SMILES string of the molecule is COc1ccc(NC(=O)c2cc(-c3cccc(F)c3)no2)c(OC)c1. The Hall–Kier alpha value is -3.35. The molecule has 1 N–H and O–H groups in total. The van der Waals surface area contributed by atoms with Gasteiger partial charge in [0.05, 0.1) is 19.9 Å². The molecule has 0 atom stereocenters. The highest BCUT2D eigenvalue weighted by Gasteiger charge is 2.16. The highest BCUT2D eigenvalue weighted by atomic mass is 19.1. The van der Waals surface area contributed by atoms with Gasteiger partial charge in [-0.05, 0) is 24.3 Å². The van der Waals surface area contributed by atoms with Gasteiger partial charge in [0, 0.05) is 17.7 Å². The summed E-state index contributed by atoms with van der Waals surface area (Å²) in [5.74, 6) is 0.144. The van der Waals surface area contributed by atoms with Crippen LogP contribution >= 0.6 is 0 Å². The number of hydrogen-bond acceptors (Lipinski definition) is 5. The molecule has 0 saturated carbocycles. The molecule has 7 heteroatoms. The highest BCUT2D eigenvalue weighted by molar-refractivity contribution is 6.03. The molecule has 3 aromatic rings. The lowest BCUT2D eigenvalue weighted by molar-refractivity contribution is 0.0987. The van der Waals surface area contributed by atoms with Crippen molar-refractivity contribution in [2.24, 2.45) is 0 Å². The molecule has 2 aromatic carbocycles. The fourth-order valence-corrected chi connectivity index (χ4v) is 2.25. The summed E-state index contributed by atoms with van der Waals surface area (Å²) >= 11 is 0. The molecule has 3 rings (SSSR count). The van der Waals surface area contributed by atoms with E-state index in [0.717, 1.165) is 0 Å². The second-order valence-electron chi connectivity index (χ2n) is 5.11. The van der Waals surface area contributed by atoms with Crippen molar-refractivity contribution in [1.29, 1.82) is 0 Å². The lowest BCUT2D eigenvalue weighted by Crippen LogP contribution is -2.11. The van der Waals surface area contributed by atoms with Gasteiger partial charge in [-0.3, -0.25) is 4.79 Å². The Morgan fingerprint density at radius 1 is 1.12 bits per heavy atom. The normalized spacial score (nSPS) is 10.4. The zero-order valence-electron chi connectivity index (χ0n) is 13.6. The quantitative estimate of drug-likeness (QED) is 0.764. The number of carbonyl (C=O) groups excluding carboxylic acids is 1. The maximum atomic E-state index is 13.3. The first-order valence-corrected chi connectivity index (χ1v) is 7.36. The van der Waals surface area contributed by atoms with E-state index in [1.165, 1.54) is 32.4 Å². The molecule has 0 aliphatic carbocycles. The lowest BCUT2D eigenvalue weighted by Gasteiger charge is -2.10. The van der Waals surface area contributed by atoms with E-state index in [1.807, 2.05) is 0 Å². The van der Waals surface area contributed by atoms with E-state index in [9.17, 15) is 9.18 Å². The number of rotatable bonds is 5. The van der Waals surface area contributed by atoms with Gasteiger partial charge in [0.15, 0.2) is 0 Å². The molecule has 0 spiro atoms. The van der Waals surface area contributed by atoms with Crippen molar-refractivity contribution in [3.05, 3.63) is 60.1 Å². The number of halogens is 1. The van der Waals surface area contributed by atoms with E-state index in [0.29, 0.717) is 28.4 Å². The van der Waals surface area contributed by atoms with Crippen LogP contribution in [0.4, 0.5) is 10.1 Å². The van der Waals surface area contributed by atoms with Gasteiger partial charge in [0.2, 0.25) is 5.76 Å². The summed E-state index contributed by atoms with van der Waals surface area (Å²) in [5.41, 5.74) is 1.34. The van der Waals surface area contributed by atoms with Gasteiger partial charge in [0.1, 0.15) is 23.0 Å². The first-order valence-electron chi connectivity index (χ1n) is 7.36. The van der Waals surface area contributed by atoms with E-state index >= 15 is 0 Å². The molecule has 1 amide bonds. The number of benzene rings is 2. The second kappa shape index (κ2) is 7.04. The van der Waals surface area contributed by atoms with Crippen LogP contribution in [0.25, 0.3) is 11.3 Å². The summed E-state index contributed by atoms with van der Waals surface area (Å²) in [6.07, 6.45) is 0. The van der Waals surface area contributed by atoms with Crippen molar-refractivity contribution in [3.63, 3.8) is 0 Å². The van der Waals surface area contributed by atoms with Gasteiger partial charge in [-0.1, -0.05) is 17.3 Å². The van der Waals surface area contributed by atoms with Crippen molar-refractivity contribution >= 4 is 11.6 Å². The number of carbonyl (C=O) groups is 1. The van der Waals surface area contributed by atoms with Crippen LogP contribution in [0.5, 0.6) is 11.5 Å². The smallest absolute Gasteiger partial charge is 0.294 e. The van der Waals surface area contributed by atoms with Gasteiger partial charge in [-0.2, -0.15) is 0 Å². The Kier molecular flexibility index (Phi) is 4.65. The van der Waals surface area contributed by atoms with Crippen molar-refractivity contribution in [1.82, 2.24) is 5.16 Å². The Morgan fingerprint density at radius 3 is 2.68 bits per heavy atom. The van der Waals surface area contributed by atoms with E-state index in [2.05, 4.69) is 10.5 Å². The Labute approximate surface area is 143 Å². The fraction of sp³-hybridized carbons (Fsp3) is 0.111. The molecule has 1 heterocycles. The van der Waals surface area contributed by atoms with Crippen LogP contribution in [-0.4, -0.2) is 25.3 Å². The van der Waals surface area contributed by atoms with E-state index in [1.54, 1.807) is 30.3 Å². The first-order chi connectivity index (χ1) is 12.1. The molecular weight excluding hydrogens is 327 g/mol. The van der Waals surface area contributed by atoms with Crippen LogP contribution in [0.3, 0.4) is 0 Å². The van der Waals surface area contributed by atoms with Gasteiger partial charge >= 0.3 is 0 Å². The molecule has 0 radical (unpaired) electrons. The molecule has 1 aromatic heterocycles. The van der Waals surface area contributed by atoms with E-state index in [-0.39, 0.29) is 5.76 Å². The Morgan fingerprint density at radius 2 is 1.96 bits per heavy atom. The van der Waals surface area contributed by atoms with Crippen LogP contribution < -0.4 is 14.8 Å². The number of nitrogens with one attached hydrogen (secondary N) is 1. The number of ether oxygens (including phenoxy) is 2. The van der Waals surface area contributed by atoms with Crippen LogP contribution in [-0.2, 0) is 0 Å². The topological polar surface area (TPSA) is 73.6 Å². The first kappa shape index (κ1) is 16.5. The maximum Gasteiger partial charge on any atom is 0.294 e. The van der Waals surface area contributed by atoms with Gasteiger partial charge in [-0.15, -0.1) is 0 Å². The van der Waals surface area contributed by atoms with E-state index in [4.69, 9.17) is 14.0 Å². The van der Waals surface area contributed by atoms with Crippen molar-refractivity contribution < 1.29 is 23.2 Å². The highest BCUT2D eigenvalue weighted by Crippen LogP contribution is 2.29. The predicted octanol–water partition coefficient (Wildman–Crippen LogP) is 3.75. The monoisotopic (exact) mass is 342 g/mol. The number of nitrogens with zero attached hydrogens (tertiary/aromatic N) is 1. The molecule has 0 aliphatic heterocycles. The summed E-state index contributed by atoms with van der Waals surface area (Å²) < 4.78 is 28.7. The third-order valence-corrected chi connectivity index (χ3v) is 3.51. The van der Waals surface area contributed by atoms with Crippen molar-refractivity contribution in [2.75, 3.05) is 19.5 Å². The zero-order chi connectivity index (χ0) is 17.8. The van der Waals surface area contributed by atoms with Crippen LogP contribution in [0.15, 0.2) is 53.1 Å². The van der Waals surface area contributed by atoms with Gasteiger partial charge < -0.3 is 19.3 Å². The van der Waals surface area contributed by atoms with Crippen LogP contribution in [0.1, 0.15) is 10.6 Å². The summed E-state index contributed by atoms with van der Waals surface area (Å²) in [6.45, 7) is 0. The number of methoxy groups -OCH3 is 2. The van der Waals surface area contributed by atoms with Gasteiger partial charge in [-0.25, -0.2) is 4.39 Å². The zero-order valence-corrected chi connectivity index (χ0v) is 13.6. The maximum absolute atomic E-state index is 13.3. The molecular formula is C18H15FN2O4. The van der Waals surface area contributed by atoms with Crippen LogP contribution in [0, 0.1) is 5.82 Å². The molecule has 6 nitrogen and oxygen atoms in total. The third-order valence-electron chi connectivity index (χ3n) is 3.51. The Balaban J connectivity index is 1.81. The number of hydrogen-bond donors (Lipinski definition) is 1. The minimum Gasteiger partial charge on any atom is -0.497 e. The molecule has 0 bridgehead atoms. The number of anilines is 1. The second-order valence-corrected chi connectivity index (χ2v) is 5.11. The largest absolute Gasteiger partial charge is 0.497 e. The number of aromatic nitrogens is 1. The minimum absolute atomic E-state index is 0.00266. The molecule has 25 heavy (non-hydrogen) atoms. The molecule has 0 unspecified atom stereocenters. The van der Waals surface area contributed by atoms with E-state index < -0.39 is 11.7 Å². The predicted molar refractivity (Wildman–Crippen MR) is 89.4 cm³/mol. The molecule has 128 valence electrons. The molecule has 0 aliphatic rings. The summed E-state index contributed by atoms with van der Waals surface area (Å²) in [5, 5.41) is 6.48.